The standard InChI is InChI=1S/C30H39N6O9P/c1-17(26(38)42-15-29(2,3)4)35-46(40,45-20-13-9-11-18-10-7-8-12-19(18)20)43-14-21-23(37)30(5,39)27(44-21)36-16-32-22-24(36)33-28(31)34-25(22)41-6/h7-13,16-17,21,23,27,37,39H,14-15H2,1-6H3,(H,35,40)(H2,31,33,34)/t17?,21-,23-,27?,30-,46?/m1/s1. The maximum absolute atomic E-state index is 14.3. The van der Waals surface area contributed by atoms with Gasteiger partial charge in [0.15, 0.2) is 17.4 Å². The van der Waals surface area contributed by atoms with E-state index in [9.17, 15) is 19.6 Å². The number of hydrogen-bond donors (Lipinski definition) is 4. The first-order valence-electron chi connectivity index (χ1n) is 14.6. The van der Waals surface area contributed by atoms with Gasteiger partial charge in [0.1, 0.15) is 29.6 Å². The van der Waals surface area contributed by atoms with Gasteiger partial charge in [0.05, 0.1) is 26.7 Å². The van der Waals surface area contributed by atoms with Crippen molar-refractivity contribution < 1.29 is 42.8 Å². The number of anilines is 1. The first-order chi connectivity index (χ1) is 21.6. The van der Waals surface area contributed by atoms with Gasteiger partial charge in [-0.2, -0.15) is 15.1 Å². The summed E-state index contributed by atoms with van der Waals surface area (Å²) in [6, 6.07) is 11.4. The van der Waals surface area contributed by atoms with E-state index in [2.05, 4.69) is 20.0 Å². The lowest BCUT2D eigenvalue weighted by Crippen LogP contribution is -2.44. The van der Waals surface area contributed by atoms with E-state index in [1.54, 1.807) is 24.3 Å². The monoisotopic (exact) mass is 658 g/mol. The zero-order chi connectivity index (χ0) is 33.4. The number of nitrogens with two attached hydrogens (primary N) is 1. The molecule has 2 aromatic carbocycles. The highest BCUT2D eigenvalue weighted by Crippen LogP contribution is 2.48. The second-order valence-electron chi connectivity index (χ2n) is 12.5. The van der Waals surface area contributed by atoms with Crippen molar-refractivity contribution in [3.05, 3.63) is 48.8 Å². The van der Waals surface area contributed by atoms with Crippen molar-refractivity contribution in [3.63, 3.8) is 0 Å². The summed E-state index contributed by atoms with van der Waals surface area (Å²) in [5, 5.41) is 26.7. The molecule has 4 aromatic rings. The number of ether oxygens (including phenoxy) is 3. The average Bonchev–Trinajstić information content (AvgIpc) is 3.51. The highest BCUT2D eigenvalue weighted by Gasteiger charge is 2.54. The highest BCUT2D eigenvalue weighted by atomic mass is 31.2. The fourth-order valence-electron chi connectivity index (χ4n) is 4.97. The van der Waals surface area contributed by atoms with Crippen molar-refractivity contribution >= 4 is 41.6 Å². The minimum absolute atomic E-state index is 0.100. The second-order valence-corrected chi connectivity index (χ2v) is 14.2. The van der Waals surface area contributed by atoms with Crippen LogP contribution in [-0.2, 0) is 23.4 Å². The van der Waals surface area contributed by atoms with Crippen molar-refractivity contribution in [1.29, 1.82) is 0 Å². The Morgan fingerprint density at radius 2 is 1.93 bits per heavy atom. The van der Waals surface area contributed by atoms with Gasteiger partial charge in [0.2, 0.25) is 11.8 Å². The van der Waals surface area contributed by atoms with Crippen molar-refractivity contribution in [2.24, 2.45) is 5.41 Å². The maximum atomic E-state index is 14.3. The number of nitrogens with one attached hydrogen (secondary N) is 1. The molecule has 3 unspecified atom stereocenters. The van der Waals surface area contributed by atoms with E-state index >= 15 is 0 Å². The number of aliphatic hydroxyl groups is 2. The molecule has 1 aliphatic heterocycles. The Bertz CT molecular complexity index is 1770. The number of methoxy groups -OCH3 is 1. The normalized spacial score (nSPS) is 23.7. The lowest BCUT2D eigenvalue weighted by Gasteiger charge is -2.27. The molecule has 15 nitrogen and oxygen atoms in total. The van der Waals surface area contributed by atoms with E-state index < -0.39 is 50.4 Å². The van der Waals surface area contributed by atoms with Gasteiger partial charge in [-0.1, -0.05) is 57.2 Å². The van der Waals surface area contributed by atoms with Crippen molar-refractivity contribution in [3.8, 4) is 11.6 Å². The van der Waals surface area contributed by atoms with Crippen LogP contribution in [0.1, 0.15) is 40.8 Å². The number of imidazole rings is 1. The lowest BCUT2D eigenvalue weighted by molar-refractivity contribution is -0.148. The number of hydrogen-bond acceptors (Lipinski definition) is 13. The van der Waals surface area contributed by atoms with Gasteiger partial charge in [-0.3, -0.25) is 13.9 Å². The van der Waals surface area contributed by atoms with E-state index in [-0.39, 0.29) is 40.8 Å². The number of nitrogens with zero attached hydrogens (tertiary/aromatic N) is 4. The summed E-state index contributed by atoms with van der Waals surface area (Å²) in [5.74, 6) is -0.411. The van der Waals surface area contributed by atoms with Gasteiger partial charge in [0, 0.05) is 5.39 Å². The zero-order valence-electron chi connectivity index (χ0n) is 26.4. The molecule has 5 N–H and O–H groups in total. The van der Waals surface area contributed by atoms with E-state index in [0.29, 0.717) is 5.39 Å². The van der Waals surface area contributed by atoms with Gasteiger partial charge < -0.3 is 34.7 Å². The molecule has 0 amide bonds. The molecule has 46 heavy (non-hydrogen) atoms. The van der Waals surface area contributed by atoms with Crippen LogP contribution < -0.4 is 20.1 Å². The molecule has 0 spiro atoms. The van der Waals surface area contributed by atoms with E-state index in [4.69, 9.17) is 29.0 Å². The third-order valence-electron chi connectivity index (χ3n) is 7.34. The zero-order valence-corrected chi connectivity index (χ0v) is 27.3. The largest absolute Gasteiger partial charge is 0.479 e. The summed E-state index contributed by atoms with van der Waals surface area (Å²) in [5.41, 5.74) is 4.11. The molecule has 3 heterocycles. The smallest absolute Gasteiger partial charge is 0.459 e. The van der Waals surface area contributed by atoms with Crippen LogP contribution in [0, 0.1) is 5.41 Å². The third-order valence-corrected chi connectivity index (χ3v) is 8.97. The van der Waals surface area contributed by atoms with E-state index in [1.807, 2.05) is 39.0 Å². The van der Waals surface area contributed by atoms with Crippen LogP contribution in [0.2, 0.25) is 0 Å². The van der Waals surface area contributed by atoms with Gasteiger partial charge >= 0.3 is 13.7 Å². The Balaban J connectivity index is 1.40. The maximum Gasteiger partial charge on any atom is 0.459 e. The minimum atomic E-state index is -4.37. The number of fused-ring (bicyclic) bond motifs is 2. The molecule has 0 bridgehead atoms. The van der Waals surface area contributed by atoms with Gasteiger partial charge in [-0.15, -0.1) is 0 Å². The van der Waals surface area contributed by atoms with Crippen LogP contribution in [0.25, 0.3) is 21.9 Å². The molecule has 6 atom stereocenters. The molecular formula is C30H39N6O9P. The van der Waals surface area contributed by atoms with Crippen LogP contribution in [0.5, 0.6) is 11.6 Å². The van der Waals surface area contributed by atoms with Crippen LogP contribution in [0.4, 0.5) is 5.95 Å². The minimum Gasteiger partial charge on any atom is -0.479 e. The number of esters is 1. The number of carbonyl (C=O) groups excluding carboxylic acids is 1. The van der Waals surface area contributed by atoms with Crippen molar-refractivity contribution in [2.75, 3.05) is 26.1 Å². The number of nitrogen functional groups attached to an aromatic ring is 1. The van der Waals surface area contributed by atoms with Gasteiger partial charge in [-0.25, -0.2) is 9.55 Å². The fourth-order valence-corrected chi connectivity index (χ4v) is 6.49. The molecule has 5 rings (SSSR count). The lowest BCUT2D eigenvalue weighted by atomic mass is 9.96. The summed E-state index contributed by atoms with van der Waals surface area (Å²) in [7, 11) is -2.97. The SMILES string of the molecule is COc1nc(N)nc2c1ncn2C1O[C@H](COP(=O)(NC(C)C(=O)OCC(C)(C)C)Oc2cccc3ccccc23)[C@@H](O)[C@@]1(C)O. The number of benzene rings is 2. The summed E-state index contributed by atoms with van der Waals surface area (Å²) >= 11 is 0. The quantitative estimate of drug-likeness (QED) is 0.135. The first kappa shape index (κ1) is 33.5. The number of aliphatic hydroxyl groups excluding tert-OH is 1. The average molecular weight is 659 g/mol. The van der Waals surface area contributed by atoms with E-state index in [0.717, 1.165) is 5.39 Å². The molecule has 0 radical (unpaired) electrons. The molecule has 248 valence electrons. The Morgan fingerprint density at radius 1 is 1.22 bits per heavy atom. The summed E-state index contributed by atoms with van der Waals surface area (Å²) in [6.45, 7) is 8.20. The molecular weight excluding hydrogens is 619 g/mol. The van der Waals surface area contributed by atoms with Gasteiger partial charge in [-0.05, 0) is 30.7 Å². The van der Waals surface area contributed by atoms with E-state index in [1.165, 1.54) is 31.9 Å². The van der Waals surface area contributed by atoms with Crippen LogP contribution in [0.15, 0.2) is 48.8 Å². The van der Waals surface area contributed by atoms with Gasteiger partial charge in [0.25, 0.3) is 0 Å². The predicted octanol–water partition coefficient (Wildman–Crippen LogP) is 3.35. The van der Waals surface area contributed by atoms with Crippen LogP contribution >= 0.6 is 7.75 Å². The summed E-state index contributed by atoms with van der Waals surface area (Å²) < 4.78 is 44.2. The molecule has 2 aromatic heterocycles. The van der Waals surface area contributed by atoms with Crippen LogP contribution in [-0.4, -0.2) is 79.9 Å². The fraction of sp³-hybridized carbons (Fsp3) is 0.467. The first-order valence-corrected chi connectivity index (χ1v) is 16.1. The Morgan fingerprint density at radius 3 is 2.65 bits per heavy atom. The predicted molar refractivity (Wildman–Crippen MR) is 168 cm³/mol. The molecule has 1 saturated heterocycles. The topological polar surface area (TPSA) is 202 Å². The molecule has 0 saturated carbocycles. The number of carbonyl (C=O) groups is 1. The van der Waals surface area contributed by atoms with Crippen LogP contribution in [0.3, 0.4) is 0 Å². The number of aromatic nitrogens is 4. The Labute approximate surface area is 265 Å². The third kappa shape index (κ3) is 6.94. The molecule has 16 heteroatoms. The Kier molecular flexibility index (Phi) is 9.28. The molecule has 1 fully saturated rings. The number of rotatable bonds is 11. The summed E-state index contributed by atoms with van der Waals surface area (Å²) in [6.07, 6.45) is -2.63. The highest BCUT2D eigenvalue weighted by molar-refractivity contribution is 7.52. The second kappa shape index (κ2) is 12.7. The van der Waals surface area contributed by atoms with Crippen molar-refractivity contribution in [1.82, 2.24) is 24.6 Å². The Hall–Kier alpha value is -3.85. The van der Waals surface area contributed by atoms with Crippen molar-refractivity contribution in [2.45, 2.75) is 64.7 Å². The summed E-state index contributed by atoms with van der Waals surface area (Å²) in [4.78, 5) is 25.3. The molecule has 0 aliphatic carbocycles. The molecule has 1 aliphatic rings.